The number of hydrogen-bond donors (Lipinski definition) is 0. The lowest BCUT2D eigenvalue weighted by atomic mass is 9.79. The Morgan fingerprint density at radius 2 is 1.71 bits per heavy atom. The molecule has 0 heteroatoms. The van der Waals surface area contributed by atoms with E-state index in [4.69, 9.17) is 0 Å². The van der Waals surface area contributed by atoms with E-state index in [1.54, 1.807) is 0 Å². The second-order valence-electron chi connectivity index (χ2n) is 5.47. The van der Waals surface area contributed by atoms with Gasteiger partial charge in [-0.3, -0.25) is 0 Å². The zero-order valence-electron chi connectivity index (χ0n) is 11.0. The monoisotopic (exact) mass is 198 g/mol. The first-order valence-electron chi connectivity index (χ1n) is 6.60. The van der Waals surface area contributed by atoms with Crippen LogP contribution >= 0.6 is 0 Å². The van der Waals surface area contributed by atoms with Crippen LogP contribution in [0, 0.1) is 17.8 Å². The van der Waals surface area contributed by atoms with Crippen LogP contribution in [0.4, 0.5) is 0 Å². The Kier molecular flexibility index (Phi) is 8.32. The van der Waals surface area contributed by atoms with Crippen molar-refractivity contribution in [1.29, 1.82) is 0 Å². The molecule has 0 aromatic carbocycles. The molecule has 1 aliphatic carbocycles. The summed E-state index contributed by atoms with van der Waals surface area (Å²) < 4.78 is 0. The van der Waals surface area contributed by atoms with Gasteiger partial charge in [0.2, 0.25) is 0 Å². The van der Waals surface area contributed by atoms with Crippen LogP contribution < -0.4 is 0 Å². The Morgan fingerprint density at radius 1 is 1.14 bits per heavy atom. The fourth-order valence-electron chi connectivity index (χ4n) is 2.44. The Morgan fingerprint density at radius 3 is 2.14 bits per heavy atom. The first-order valence-corrected chi connectivity index (χ1v) is 6.60. The Labute approximate surface area is 91.5 Å². The van der Waals surface area contributed by atoms with E-state index in [-0.39, 0.29) is 0 Å². The van der Waals surface area contributed by atoms with Gasteiger partial charge in [-0.2, -0.15) is 0 Å². The van der Waals surface area contributed by atoms with E-state index in [0.717, 1.165) is 17.8 Å². The van der Waals surface area contributed by atoms with E-state index in [2.05, 4.69) is 34.6 Å². The van der Waals surface area contributed by atoms with Gasteiger partial charge in [-0.25, -0.2) is 0 Å². The van der Waals surface area contributed by atoms with Crippen LogP contribution in [0.25, 0.3) is 0 Å². The van der Waals surface area contributed by atoms with Crippen molar-refractivity contribution >= 4 is 0 Å². The zero-order chi connectivity index (χ0) is 11.0. The Hall–Kier alpha value is 0. The van der Waals surface area contributed by atoms with E-state index in [1.807, 2.05) is 0 Å². The van der Waals surface area contributed by atoms with Gasteiger partial charge in [0.25, 0.3) is 0 Å². The van der Waals surface area contributed by atoms with Crippen LogP contribution in [0.15, 0.2) is 0 Å². The number of hydrogen-bond acceptors (Lipinski definition) is 0. The molecule has 0 saturated heterocycles. The zero-order valence-corrected chi connectivity index (χ0v) is 11.0. The highest BCUT2D eigenvalue weighted by Gasteiger charge is 2.19. The van der Waals surface area contributed by atoms with E-state index in [1.165, 1.54) is 38.5 Å². The fourth-order valence-corrected chi connectivity index (χ4v) is 2.44. The van der Waals surface area contributed by atoms with Gasteiger partial charge in [0.1, 0.15) is 0 Å². The predicted molar refractivity (Wildman–Crippen MR) is 66.5 cm³/mol. The summed E-state index contributed by atoms with van der Waals surface area (Å²) in [4.78, 5) is 0. The van der Waals surface area contributed by atoms with Crippen molar-refractivity contribution in [2.24, 2.45) is 17.8 Å². The molecule has 0 nitrogen and oxygen atoms in total. The molecule has 0 heterocycles. The van der Waals surface area contributed by atoms with Gasteiger partial charge in [-0.1, -0.05) is 60.3 Å². The third kappa shape index (κ3) is 7.41. The third-order valence-corrected chi connectivity index (χ3v) is 2.85. The van der Waals surface area contributed by atoms with Crippen molar-refractivity contribution in [2.75, 3.05) is 0 Å². The van der Waals surface area contributed by atoms with Crippen LogP contribution in [0.1, 0.15) is 73.1 Å². The first kappa shape index (κ1) is 14.0. The lowest BCUT2D eigenvalue weighted by Crippen LogP contribution is -2.14. The van der Waals surface area contributed by atoms with Crippen molar-refractivity contribution in [3.63, 3.8) is 0 Å². The summed E-state index contributed by atoms with van der Waals surface area (Å²) >= 11 is 0. The SMILES string of the molecule is CC(C)C[C@@H]1CCC[C@H](C)C1.CCC. The molecule has 86 valence electrons. The van der Waals surface area contributed by atoms with Gasteiger partial charge in [0, 0.05) is 0 Å². The molecular formula is C14H30. The number of rotatable bonds is 2. The molecule has 0 aromatic heterocycles. The molecule has 0 aromatic rings. The molecular weight excluding hydrogens is 168 g/mol. The maximum Gasteiger partial charge on any atom is -0.0409 e. The maximum atomic E-state index is 2.41. The summed E-state index contributed by atoms with van der Waals surface area (Å²) in [6, 6.07) is 0. The highest BCUT2D eigenvalue weighted by molar-refractivity contribution is 4.71. The molecule has 1 aliphatic rings. The molecule has 0 unspecified atom stereocenters. The van der Waals surface area contributed by atoms with Gasteiger partial charge < -0.3 is 0 Å². The standard InChI is InChI=1S/C11H22.C3H8/c1-9(2)7-11-6-4-5-10(3)8-11;1-3-2/h9-11H,4-8H2,1-3H3;3H2,1-2H3/t10-,11-;/m0./s1. The summed E-state index contributed by atoms with van der Waals surface area (Å²) in [5.41, 5.74) is 0. The van der Waals surface area contributed by atoms with Gasteiger partial charge >= 0.3 is 0 Å². The quantitative estimate of drug-likeness (QED) is 0.566. The minimum absolute atomic E-state index is 0.908. The largest absolute Gasteiger partial charge is 0.0656 e. The van der Waals surface area contributed by atoms with Crippen molar-refractivity contribution in [3.8, 4) is 0 Å². The molecule has 0 N–H and O–H groups in total. The van der Waals surface area contributed by atoms with Crippen LogP contribution in [0.3, 0.4) is 0 Å². The van der Waals surface area contributed by atoms with Crippen LogP contribution in [-0.2, 0) is 0 Å². The maximum absolute atomic E-state index is 2.41. The molecule has 0 bridgehead atoms. The van der Waals surface area contributed by atoms with Crippen molar-refractivity contribution < 1.29 is 0 Å². The van der Waals surface area contributed by atoms with Gasteiger partial charge in [0.15, 0.2) is 0 Å². The van der Waals surface area contributed by atoms with Crippen LogP contribution in [0.5, 0.6) is 0 Å². The average Bonchev–Trinajstić information content (AvgIpc) is 2.03. The van der Waals surface area contributed by atoms with Crippen LogP contribution in [0.2, 0.25) is 0 Å². The minimum atomic E-state index is 0.908. The Balaban J connectivity index is 0.000000500. The van der Waals surface area contributed by atoms with E-state index in [9.17, 15) is 0 Å². The minimum Gasteiger partial charge on any atom is -0.0656 e. The highest BCUT2D eigenvalue weighted by atomic mass is 14.2. The van der Waals surface area contributed by atoms with E-state index in [0.29, 0.717) is 0 Å². The summed E-state index contributed by atoms with van der Waals surface area (Å²) in [6.45, 7) is 11.4. The predicted octanol–water partition coefficient (Wildman–Crippen LogP) is 5.28. The van der Waals surface area contributed by atoms with E-state index >= 15 is 0 Å². The van der Waals surface area contributed by atoms with Gasteiger partial charge in [-0.15, -0.1) is 0 Å². The van der Waals surface area contributed by atoms with E-state index < -0.39 is 0 Å². The smallest absolute Gasteiger partial charge is 0.0409 e. The second-order valence-corrected chi connectivity index (χ2v) is 5.47. The molecule has 0 radical (unpaired) electrons. The van der Waals surface area contributed by atoms with Gasteiger partial charge in [-0.05, 0) is 30.6 Å². The highest BCUT2D eigenvalue weighted by Crippen LogP contribution is 2.32. The molecule has 1 fully saturated rings. The lowest BCUT2D eigenvalue weighted by molar-refractivity contribution is 0.248. The Bertz CT molecular complexity index is 113. The second kappa shape index (κ2) is 8.32. The van der Waals surface area contributed by atoms with Crippen molar-refractivity contribution in [1.82, 2.24) is 0 Å². The molecule has 14 heavy (non-hydrogen) atoms. The first-order chi connectivity index (χ1) is 6.60. The summed E-state index contributed by atoms with van der Waals surface area (Å²) in [6.07, 6.45) is 8.68. The topological polar surface area (TPSA) is 0 Å². The molecule has 1 saturated carbocycles. The average molecular weight is 198 g/mol. The lowest BCUT2D eigenvalue weighted by Gasteiger charge is -2.27. The molecule has 0 spiro atoms. The van der Waals surface area contributed by atoms with Crippen molar-refractivity contribution in [3.05, 3.63) is 0 Å². The molecule has 1 rings (SSSR count). The molecule has 0 amide bonds. The third-order valence-electron chi connectivity index (χ3n) is 2.85. The fraction of sp³-hybridized carbons (Fsp3) is 1.00. The van der Waals surface area contributed by atoms with Gasteiger partial charge in [0.05, 0.1) is 0 Å². The molecule has 0 aliphatic heterocycles. The summed E-state index contributed by atoms with van der Waals surface area (Å²) in [5, 5.41) is 0. The van der Waals surface area contributed by atoms with Crippen molar-refractivity contribution in [2.45, 2.75) is 73.1 Å². The summed E-state index contributed by atoms with van der Waals surface area (Å²) in [5.74, 6) is 2.97. The van der Waals surface area contributed by atoms with Crippen LogP contribution in [-0.4, -0.2) is 0 Å². The molecule has 2 atom stereocenters. The normalized spacial score (nSPS) is 27.0. The summed E-state index contributed by atoms with van der Waals surface area (Å²) in [7, 11) is 0.